The summed E-state index contributed by atoms with van der Waals surface area (Å²) in [5, 5.41) is 2.62. The number of halogens is 2. The van der Waals surface area contributed by atoms with Gasteiger partial charge in [0.25, 0.3) is 0 Å². The van der Waals surface area contributed by atoms with Gasteiger partial charge in [-0.3, -0.25) is 14.4 Å². The van der Waals surface area contributed by atoms with Gasteiger partial charge >= 0.3 is 5.97 Å². The third-order valence-corrected chi connectivity index (χ3v) is 5.18. The van der Waals surface area contributed by atoms with Crippen molar-refractivity contribution in [3.63, 3.8) is 0 Å². The number of Topliss-reactive ketones (excluding diaryl/α,β-unsaturated/α-hetero) is 1. The minimum absolute atomic E-state index is 0.00542. The van der Waals surface area contributed by atoms with Crippen molar-refractivity contribution in [3.05, 3.63) is 51.7 Å². The molecule has 0 spiro atoms. The Hall–Kier alpha value is -2.26. The minimum Gasteiger partial charge on any atom is -0.457 e. The molecule has 2 rings (SSSR count). The topological polar surface area (TPSA) is 72.5 Å². The number of thiophene rings is 1. The highest BCUT2D eigenvalue weighted by Crippen LogP contribution is 2.23. The quantitative estimate of drug-likeness (QED) is 0.419. The molecule has 1 aromatic carbocycles. The van der Waals surface area contributed by atoms with Crippen LogP contribution in [0.2, 0.25) is 0 Å². The van der Waals surface area contributed by atoms with Crippen LogP contribution in [0, 0.1) is 11.6 Å². The van der Waals surface area contributed by atoms with E-state index in [0.717, 1.165) is 34.8 Å². The molecule has 2 aromatic rings. The van der Waals surface area contributed by atoms with E-state index in [9.17, 15) is 23.2 Å². The van der Waals surface area contributed by atoms with Crippen LogP contribution >= 0.6 is 23.1 Å². The van der Waals surface area contributed by atoms with Gasteiger partial charge in [0, 0.05) is 16.7 Å². The second-order valence-electron chi connectivity index (χ2n) is 5.12. The van der Waals surface area contributed by atoms with Gasteiger partial charge in [0.1, 0.15) is 11.6 Å². The Bertz CT molecular complexity index is 823. The summed E-state index contributed by atoms with van der Waals surface area (Å²) >= 11 is 1.99. The van der Waals surface area contributed by atoms with Crippen LogP contribution in [0.4, 0.5) is 8.78 Å². The third-order valence-electron chi connectivity index (χ3n) is 3.05. The minimum atomic E-state index is -0.706. The van der Waals surface area contributed by atoms with Gasteiger partial charge in [-0.2, -0.15) is 0 Å². The van der Waals surface area contributed by atoms with E-state index in [1.165, 1.54) is 18.3 Å². The van der Waals surface area contributed by atoms with Crippen LogP contribution in [0.5, 0.6) is 0 Å². The van der Waals surface area contributed by atoms with Crippen molar-refractivity contribution in [2.75, 3.05) is 12.4 Å². The van der Waals surface area contributed by atoms with Crippen molar-refractivity contribution in [2.24, 2.45) is 0 Å². The van der Waals surface area contributed by atoms with Gasteiger partial charge in [0.05, 0.1) is 17.2 Å². The molecule has 1 amide bonds. The maximum atomic E-state index is 13.5. The Morgan fingerprint density at radius 3 is 2.69 bits per heavy atom. The zero-order valence-corrected chi connectivity index (χ0v) is 15.3. The number of esters is 1. The van der Waals surface area contributed by atoms with Gasteiger partial charge in [-0.25, -0.2) is 8.78 Å². The van der Waals surface area contributed by atoms with E-state index in [1.54, 1.807) is 12.1 Å². The SMILES string of the molecule is CC(=O)NCc1ccc(C(=O)COC(=O)CSc2cc(F)ccc2F)s1. The fourth-order valence-electron chi connectivity index (χ4n) is 1.82. The predicted molar refractivity (Wildman–Crippen MR) is 94.2 cm³/mol. The number of rotatable bonds is 8. The van der Waals surface area contributed by atoms with Crippen LogP contribution in [0.1, 0.15) is 21.5 Å². The lowest BCUT2D eigenvalue weighted by Crippen LogP contribution is -2.18. The van der Waals surface area contributed by atoms with E-state index in [0.29, 0.717) is 11.4 Å². The highest BCUT2D eigenvalue weighted by Gasteiger charge is 2.14. The van der Waals surface area contributed by atoms with Crippen LogP contribution in [0.25, 0.3) is 0 Å². The zero-order chi connectivity index (χ0) is 19.1. The first-order valence-corrected chi connectivity index (χ1v) is 9.25. The predicted octanol–water partition coefficient (Wildman–Crippen LogP) is 3.18. The Morgan fingerprint density at radius 2 is 1.96 bits per heavy atom. The molecule has 0 aliphatic rings. The molecular weight excluding hydrogens is 384 g/mol. The smallest absolute Gasteiger partial charge is 0.316 e. The molecule has 1 N–H and O–H groups in total. The first-order chi connectivity index (χ1) is 12.3. The highest BCUT2D eigenvalue weighted by atomic mass is 32.2. The molecule has 0 unspecified atom stereocenters. The molecule has 0 aliphatic carbocycles. The van der Waals surface area contributed by atoms with Crippen molar-refractivity contribution in [2.45, 2.75) is 18.4 Å². The van der Waals surface area contributed by atoms with E-state index in [2.05, 4.69) is 5.32 Å². The first-order valence-electron chi connectivity index (χ1n) is 7.45. The summed E-state index contributed by atoms with van der Waals surface area (Å²) in [6.45, 7) is 1.28. The summed E-state index contributed by atoms with van der Waals surface area (Å²) in [7, 11) is 0. The highest BCUT2D eigenvalue weighted by molar-refractivity contribution is 8.00. The number of amides is 1. The summed E-state index contributed by atoms with van der Waals surface area (Å²) in [4.78, 5) is 35.7. The second-order valence-corrected chi connectivity index (χ2v) is 7.31. The summed E-state index contributed by atoms with van der Waals surface area (Å²) in [5.74, 6) is -2.74. The standard InChI is InChI=1S/C17H15F2NO4S2/c1-10(21)20-7-12-3-5-15(26-12)14(22)8-24-17(23)9-25-16-6-11(18)2-4-13(16)19/h2-6H,7-9H2,1H3,(H,20,21). The van der Waals surface area contributed by atoms with E-state index >= 15 is 0 Å². The van der Waals surface area contributed by atoms with Crippen LogP contribution in [0.3, 0.4) is 0 Å². The lowest BCUT2D eigenvalue weighted by Gasteiger charge is -2.04. The van der Waals surface area contributed by atoms with E-state index in [1.807, 2.05) is 0 Å². The molecule has 1 heterocycles. The van der Waals surface area contributed by atoms with Gasteiger partial charge in [-0.05, 0) is 30.3 Å². The monoisotopic (exact) mass is 399 g/mol. The Balaban J connectivity index is 1.78. The molecule has 9 heteroatoms. The maximum Gasteiger partial charge on any atom is 0.316 e. The number of thioether (sulfide) groups is 1. The number of hydrogen-bond acceptors (Lipinski definition) is 6. The number of nitrogens with one attached hydrogen (secondary N) is 1. The number of carbonyl (C=O) groups excluding carboxylic acids is 3. The second kappa shape index (κ2) is 9.44. The zero-order valence-electron chi connectivity index (χ0n) is 13.7. The van der Waals surface area contributed by atoms with Crippen LogP contribution in [-0.4, -0.2) is 30.0 Å². The average molecular weight is 399 g/mol. The number of ketones is 1. The molecule has 0 saturated heterocycles. The molecule has 0 fully saturated rings. The summed E-state index contributed by atoms with van der Waals surface area (Å²) in [5.41, 5.74) is 0. The number of benzene rings is 1. The van der Waals surface area contributed by atoms with Crippen LogP contribution in [-0.2, 0) is 20.9 Å². The van der Waals surface area contributed by atoms with Gasteiger partial charge < -0.3 is 10.1 Å². The van der Waals surface area contributed by atoms with Crippen molar-refractivity contribution in [3.8, 4) is 0 Å². The van der Waals surface area contributed by atoms with Crippen LogP contribution in [0.15, 0.2) is 35.2 Å². The molecule has 0 bridgehead atoms. The van der Waals surface area contributed by atoms with E-state index < -0.39 is 24.2 Å². The lowest BCUT2D eigenvalue weighted by atomic mass is 10.3. The molecule has 26 heavy (non-hydrogen) atoms. The normalized spacial score (nSPS) is 10.4. The maximum absolute atomic E-state index is 13.5. The molecule has 1 aromatic heterocycles. The van der Waals surface area contributed by atoms with Gasteiger partial charge in [0.15, 0.2) is 6.61 Å². The Morgan fingerprint density at radius 1 is 1.19 bits per heavy atom. The number of carbonyl (C=O) groups is 3. The Labute approximate surface area is 156 Å². The fourth-order valence-corrected chi connectivity index (χ4v) is 3.45. The summed E-state index contributed by atoms with van der Waals surface area (Å²) in [6.07, 6.45) is 0. The third kappa shape index (κ3) is 6.23. The number of ether oxygens (including phenoxy) is 1. The number of hydrogen-bond donors (Lipinski definition) is 1. The van der Waals surface area contributed by atoms with E-state index in [-0.39, 0.29) is 22.3 Å². The molecule has 0 radical (unpaired) electrons. The molecule has 0 atom stereocenters. The lowest BCUT2D eigenvalue weighted by molar-refractivity contribution is -0.139. The molecule has 5 nitrogen and oxygen atoms in total. The van der Waals surface area contributed by atoms with Gasteiger partial charge in [-0.15, -0.1) is 23.1 Å². The summed E-state index contributed by atoms with van der Waals surface area (Å²) < 4.78 is 31.4. The van der Waals surface area contributed by atoms with Crippen molar-refractivity contribution >= 4 is 40.8 Å². The molecular formula is C17H15F2NO4S2. The van der Waals surface area contributed by atoms with Crippen molar-refractivity contribution in [1.29, 1.82) is 0 Å². The van der Waals surface area contributed by atoms with Crippen LogP contribution < -0.4 is 5.32 Å². The van der Waals surface area contributed by atoms with E-state index in [4.69, 9.17) is 4.74 Å². The molecule has 138 valence electrons. The van der Waals surface area contributed by atoms with Gasteiger partial charge in [0.2, 0.25) is 11.7 Å². The summed E-state index contributed by atoms with van der Waals surface area (Å²) in [6, 6.07) is 6.24. The largest absolute Gasteiger partial charge is 0.457 e. The fraction of sp³-hybridized carbons (Fsp3) is 0.235. The molecule has 0 saturated carbocycles. The molecule has 0 aliphatic heterocycles. The first kappa shape index (κ1) is 20.1. The van der Waals surface area contributed by atoms with Crippen molar-refractivity contribution in [1.82, 2.24) is 5.32 Å². The Kier molecular flexibility index (Phi) is 7.28. The van der Waals surface area contributed by atoms with Gasteiger partial charge in [-0.1, -0.05) is 0 Å². The van der Waals surface area contributed by atoms with Crippen molar-refractivity contribution < 1.29 is 27.9 Å². The average Bonchev–Trinajstić information content (AvgIpc) is 3.07.